The van der Waals surface area contributed by atoms with E-state index in [9.17, 15) is 15.0 Å². The normalized spacial score (nSPS) is 35.7. The van der Waals surface area contributed by atoms with Gasteiger partial charge in [-0.2, -0.15) is 0 Å². The highest BCUT2D eigenvalue weighted by molar-refractivity contribution is 5.87. The van der Waals surface area contributed by atoms with Crippen molar-refractivity contribution in [2.45, 2.75) is 31.0 Å². The number of carboxylic acids is 1. The van der Waals surface area contributed by atoms with Gasteiger partial charge in [0.25, 0.3) is 0 Å². The molecule has 18 heavy (non-hydrogen) atoms. The second kappa shape index (κ2) is 5.07. The Kier molecular flexibility index (Phi) is 3.67. The first-order valence-electron chi connectivity index (χ1n) is 5.55. The summed E-state index contributed by atoms with van der Waals surface area (Å²) in [6.45, 7) is -0.415. The molecule has 4 atom stereocenters. The fraction of sp³-hybridized carbons (Fsp3) is 0.545. The van der Waals surface area contributed by atoms with Gasteiger partial charge in [0.15, 0.2) is 6.23 Å². The zero-order valence-corrected chi connectivity index (χ0v) is 9.51. The molecular weight excluding hydrogens is 242 g/mol. The monoisotopic (exact) mass is 257 g/mol. The van der Waals surface area contributed by atoms with E-state index in [-0.39, 0.29) is 5.57 Å². The molecule has 4 N–H and O–H groups in total. The number of nitrogens with zero attached hydrogens (tertiary/aromatic N) is 1. The van der Waals surface area contributed by atoms with Crippen molar-refractivity contribution in [3.8, 4) is 0 Å². The quantitative estimate of drug-likeness (QED) is 0.493. The lowest BCUT2D eigenvalue weighted by atomic mass is 10.1. The summed E-state index contributed by atoms with van der Waals surface area (Å²) in [4.78, 5) is 12.2. The van der Waals surface area contributed by atoms with Crippen LogP contribution in [0.1, 0.15) is 6.42 Å². The largest absolute Gasteiger partial charge is 0.478 e. The van der Waals surface area contributed by atoms with E-state index in [4.69, 9.17) is 14.9 Å². The van der Waals surface area contributed by atoms with Crippen LogP contribution in [0, 0.1) is 0 Å². The Hall–Kier alpha value is -1.41. The highest BCUT2D eigenvalue weighted by atomic mass is 16.6. The molecule has 2 heterocycles. The van der Waals surface area contributed by atoms with Crippen LogP contribution < -0.4 is 0 Å². The molecule has 7 nitrogen and oxygen atoms in total. The standard InChI is InChI=1S/C11H15NO6/c13-5-7-8(14)9(15)10(18-7)12-3-1-2-6(4-12)11(16)17/h1,3-4,7-10,13-15H,2,5H2,(H,16,17)/t7-,8?,9?,10-/m1/s1. The maximum absolute atomic E-state index is 10.9. The first-order chi connectivity index (χ1) is 8.54. The molecule has 100 valence electrons. The van der Waals surface area contributed by atoms with E-state index in [1.807, 2.05) is 0 Å². The maximum atomic E-state index is 10.9. The predicted octanol–water partition coefficient (Wildman–Crippen LogP) is -1.39. The Balaban J connectivity index is 2.15. The van der Waals surface area contributed by atoms with E-state index >= 15 is 0 Å². The third-order valence-corrected chi connectivity index (χ3v) is 3.01. The Morgan fingerprint density at radius 2 is 2.17 bits per heavy atom. The molecule has 2 aliphatic heterocycles. The van der Waals surface area contributed by atoms with Gasteiger partial charge in [0.1, 0.15) is 18.3 Å². The van der Waals surface area contributed by atoms with E-state index in [0.717, 1.165) is 0 Å². The lowest BCUT2D eigenvalue weighted by molar-refractivity contribution is -0.133. The molecule has 0 spiro atoms. The molecule has 0 bridgehead atoms. The molecule has 2 aliphatic rings. The number of rotatable bonds is 3. The van der Waals surface area contributed by atoms with Gasteiger partial charge in [-0.25, -0.2) is 4.79 Å². The molecule has 0 saturated carbocycles. The highest BCUT2D eigenvalue weighted by Crippen LogP contribution is 2.26. The number of allylic oxidation sites excluding steroid dienone is 1. The minimum absolute atomic E-state index is 0.162. The number of aliphatic hydroxyl groups is 3. The van der Waals surface area contributed by atoms with Crippen molar-refractivity contribution in [2.24, 2.45) is 0 Å². The van der Waals surface area contributed by atoms with Gasteiger partial charge in [-0.05, 0) is 0 Å². The molecule has 2 unspecified atom stereocenters. The Labute approximate surface area is 103 Å². The van der Waals surface area contributed by atoms with Crippen LogP contribution in [-0.4, -0.2) is 62.4 Å². The maximum Gasteiger partial charge on any atom is 0.333 e. The van der Waals surface area contributed by atoms with E-state index < -0.39 is 37.1 Å². The van der Waals surface area contributed by atoms with Crippen LogP contribution in [0.25, 0.3) is 0 Å². The van der Waals surface area contributed by atoms with Gasteiger partial charge >= 0.3 is 5.97 Å². The molecule has 1 saturated heterocycles. The van der Waals surface area contributed by atoms with Gasteiger partial charge < -0.3 is 30.1 Å². The van der Waals surface area contributed by atoms with Crippen molar-refractivity contribution in [1.29, 1.82) is 0 Å². The summed E-state index contributed by atoms with van der Waals surface area (Å²) in [6.07, 6.45) is 0.659. The average Bonchev–Trinajstić information content (AvgIpc) is 2.66. The van der Waals surface area contributed by atoms with Crippen molar-refractivity contribution >= 4 is 5.97 Å². The fourth-order valence-corrected chi connectivity index (χ4v) is 2.00. The third-order valence-electron chi connectivity index (χ3n) is 3.01. The molecule has 0 aliphatic carbocycles. The number of aliphatic hydroxyl groups excluding tert-OH is 3. The molecule has 0 amide bonds. The lowest BCUT2D eigenvalue weighted by Gasteiger charge is -2.28. The van der Waals surface area contributed by atoms with Crippen LogP contribution in [-0.2, 0) is 9.53 Å². The number of hydrogen-bond acceptors (Lipinski definition) is 6. The Morgan fingerprint density at radius 1 is 1.44 bits per heavy atom. The fourth-order valence-electron chi connectivity index (χ4n) is 2.00. The topological polar surface area (TPSA) is 110 Å². The van der Waals surface area contributed by atoms with E-state index in [2.05, 4.69) is 0 Å². The molecule has 0 aromatic rings. The van der Waals surface area contributed by atoms with Crippen LogP contribution in [0.3, 0.4) is 0 Å². The van der Waals surface area contributed by atoms with Crippen molar-refractivity contribution in [2.75, 3.05) is 6.61 Å². The van der Waals surface area contributed by atoms with Crippen LogP contribution >= 0.6 is 0 Å². The summed E-state index contributed by atoms with van der Waals surface area (Å²) >= 11 is 0. The molecular formula is C11H15NO6. The van der Waals surface area contributed by atoms with Crippen LogP contribution in [0.15, 0.2) is 24.0 Å². The average molecular weight is 257 g/mol. The van der Waals surface area contributed by atoms with Gasteiger partial charge in [-0.1, -0.05) is 6.08 Å². The van der Waals surface area contributed by atoms with Crippen molar-refractivity contribution < 1.29 is 30.0 Å². The molecule has 0 aromatic heterocycles. The van der Waals surface area contributed by atoms with Gasteiger partial charge in [0, 0.05) is 18.8 Å². The Morgan fingerprint density at radius 3 is 2.72 bits per heavy atom. The van der Waals surface area contributed by atoms with E-state index in [0.29, 0.717) is 6.42 Å². The SMILES string of the molecule is O=C(O)C1=CN([C@@H]2O[C@H](CO)C(O)C2O)C=CC1. The number of ether oxygens (including phenoxy) is 1. The van der Waals surface area contributed by atoms with Crippen LogP contribution in [0.2, 0.25) is 0 Å². The van der Waals surface area contributed by atoms with Crippen LogP contribution in [0.5, 0.6) is 0 Å². The van der Waals surface area contributed by atoms with Gasteiger partial charge in [-0.3, -0.25) is 0 Å². The first-order valence-corrected chi connectivity index (χ1v) is 5.55. The highest BCUT2D eigenvalue weighted by Gasteiger charge is 2.44. The van der Waals surface area contributed by atoms with E-state index in [1.165, 1.54) is 11.1 Å². The van der Waals surface area contributed by atoms with Crippen molar-refractivity contribution in [1.82, 2.24) is 4.90 Å². The van der Waals surface area contributed by atoms with Gasteiger partial charge in [0.2, 0.25) is 0 Å². The summed E-state index contributed by atoms with van der Waals surface area (Å²) in [7, 11) is 0. The number of aliphatic carboxylic acids is 1. The first kappa shape index (κ1) is 13.0. The van der Waals surface area contributed by atoms with Gasteiger partial charge in [-0.15, -0.1) is 0 Å². The van der Waals surface area contributed by atoms with Crippen molar-refractivity contribution in [3.05, 3.63) is 24.0 Å². The van der Waals surface area contributed by atoms with Gasteiger partial charge in [0.05, 0.1) is 12.2 Å². The summed E-state index contributed by atoms with van der Waals surface area (Å²) < 4.78 is 5.29. The molecule has 0 radical (unpaired) electrons. The number of hydrogen-bond donors (Lipinski definition) is 4. The third kappa shape index (κ3) is 2.25. The predicted molar refractivity (Wildman–Crippen MR) is 59.1 cm³/mol. The summed E-state index contributed by atoms with van der Waals surface area (Å²) in [6, 6.07) is 0. The van der Waals surface area contributed by atoms with Crippen LogP contribution in [0.4, 0.5) is 0 Å². The molecule has 7 heteroatoms. The second-order valence-corrected chi connectivity index (χ2v) is 4.22. The lowest BCUT2D eigenvalue weighted by Crippen LogP contribution is -2.40. The summed E-state index contributed by atoms with van der Waals surface area (Å²) in [5.74, 6) is -1.05. The zero-order chi connectivity index (χ0) is 13.3. The smallest absolute Gasteiger partial charge is 0.333 e. The molecule has 0 aromatic carbocycles. The number of carboxylic acid groups (broad SMARTS) is 1. The Bertz CT molecular complexity index is 393. The second-order valence-electron chi connectivity index (χ2n) is 4.22. The molecule has 2 rings (SSSR count). The summed E-state index contributed by atoms with van der Waals surface area (Å²) in [5.41, 5.74) is 0.162. The minimum atomic E-state index is -1.21. The van der Waals surface area contributed by atoms with E-state index in [1.54, 1.807) is 12.3 Å². The summed E-state index contributed by atoms with van der Waals surface area (Å²) in [5, 5.41) is 37.3. The minimum Gasteiger partial charge on any atom is -0.478 e. The number of carbonyl (C=O) groups is 1. The zero-order valence-electron chi connectivity index (χ0n) is 9.51. The van der Waals surface area contributed by atoms with Crippen molar-refractivity contribution in [3.63, 3.8) is 0 Å². The molecule has 1 fully saturated rings.